The van der Waals surface area contributed by atoms with Gasteiger partial charge in [-0.2, -0.15) is 0 Å². The van der Waals surface area contributed by atoms with Gasteiger partial charge in [-0.3, -0.25) is 19.4 Å². The molecule has 0 aliphatic carbocycles. The maximum atomic E-state index is 12.9. The first-order valence-electron chi connectivity index (χ1n) is 9.92. The summed E-state index contributed by atoms with van der Waals surface area (Å²) in [5.74, 6) is -0.0693. The molecule has 0 bridgehead atoms. The quantitative estimate of drug-likeness (QED) is 0.502. The summed E-state index contributed by atoms with van der Waals surface area (Å²) >= 11 is 0. The molecule has 0 unspecified atom stereocenters. The fourth-order valence-corrected chi connectivity index (χ4v) is 3.36. The van der Waals surface area contributed by atoms with Gasteiger partial charge in [0, 0.05) is 37.4 Å². The highest BCUT2D eigenvalue weighted by Crippen LogP contribution is 2.15. The van der Waals surface area contributed by atoms with E-state index in [0.717, 1.165) is 16.5 Å². The van der Waals surface area contributed by atoms with Crippen LogP contribution in [0.1, 0.15) is 21.7 Å². The van der Waals surface area contributed by atoms with E-state index in [1.54, 1.807) is 32.3 Å². The molecular weight excluding hydrogens is 410 g/mol. The number of aromatic nitrogens is 3. The van der Waals surface area contributed by atoms with Crippen molar-refractivity contribution in [3.63, 3.8) is 0 Å². The number of carbonyl (C=O) groups is 2. The van der Waals surface area contributed by atoms with Crippen LogP contribution in [-0.4, -0.2) is 38.5 Å². The molecule has 9 heteroatoms. The number of benzene rings is 1. The van der Waals surface area contributed by atoms with Crippen molar-refractivity contribution in [3.8, 4) is 0 Å². The maximum Gasteiger partial charge on any atom is 0.263 e. The number of nitrogens with one attached hydrogen (secondary N) is 1. The summed E-state index contributed by atoms with van der Waals surface area (Å²) in [5.41, 5.74) is 1.23. The predicted molar refractivity (Wildman–Crippen MR) is 118 cm³/mol. The van der Waals surface area contributed by atoms with Crippen LogP contribution in [0.4, 0.5) is 5.82 Å². The molecular formula is C23H21N5O4. The Morgan fingerprint density at radius 1 is 1.16 bits per heavy atom. The van der Waals surface area contributed by atoms with Crippen molar-refractivity contribution < 1.29 is 14.1 Å². The van der Waals surface area contributed by atoms with Gasteiger partial charge in [0.05, 0.1) is 5.52 Å². The molecule has 3 aromatic heterocycles. The smallest absolute Gasteiger partial charge is 0.263 e. The third-order valence-corrected chi connectivity index (χ3v) is 4.89. The molecule has 0 atom stereocenters. The summed E-state index contributed by atoms with van der Waals surface area (Å²) in [4.78, 5) is 43.8. The average molecular weight is 431 g/mol. The summed E-state index contributed by atoms with van der Waals surface area (Å²) in [6.07, 6.45) is 3.19. The highest BCUT2D eigenvalue weighted by Gasteiger charge is 2.18. The number of aryl methyl sites for hydroxylation is 1. The van der Waals surface area contributed by atoms with Gasteiger partial charge in [-0.25, -0.2) is 0 Å². The molecule has 4 aromatic rings. The van der Waals surface area contributed by atoms with Crippen LogP contribution in [0.3, 0.4) is 0 Å². The Morgan fingerprint density at radius 3 is 2.78 bits per heavy atom. The van der Waals surface area contributed by atoms with Crippen LogP contribution in [0.5, 0.6) is 0 Å². The van der Waals surface area contributed by atoms with Crippen LogP contribution in [0.2, 0.25) is 0 Å². The van der Waals surface area contributed by atoms with E-state index in [2.05, 4.69) is 15.5 Å². The number of pyridine rings is 2. The number of amides is 2. The van der Waals surface area contributed by atoms with E-state index < -0.39 is 17.4 Å². The summed E-state index contributed by atoms with van der Waals surface area (Å²) in [6, 6.07) is 14.2. The molecule has 3 heterocycles. The van der Waals surface area contributed by atoms with E-state index in [9.17, 15) is 14.4 Å². The molecule has 32 heavy (non-hydrogen) atoms. The molecule has 1 N–H and O–H groups in total. The fourth-order valence-electron chi connectivity index (χ4n) is 3.36. The Labute approximate surface area is 183 Å². The van der Waals surface area contributed by atoms with Gasteiger partial charge in [0.25, 0.3) is 11.5 Å². The van der Waals surface area contributed by atoms with E-state index in [0.29, 0.717) is 12.3 Å². The molecule has 0 aliphatic rings. The van der Waals surface area contributed by atoms with Gasteiger partial charge in [0.1, 0.15) is 17.9 Å². The number of nitrogens with zero attached hydrogens (tertiary/aromatic N) is 4. The molecule has 9 nitrogen and oxygen atoms in total. The Bertz CT molecular complexity index is 1360. The third kappa shape index (κ3) is 4.56. The lowest BCUT2D eigenvalue weighted by Crippen LogP contribution is -2.35. The minimum absolute atomic E-state index is 0.0115. The Kier molecular flexibility index (Phi) is 5.80. The van der Waals surface area contributed by atoms with E-state index in [1.165, 1.54) is 21.7 Å². The molecule has 0 aliphatic heterocycles. The number of carbonyl (C=O) groups excluding carboxylic acids is 2. The van der Waals surface area contributed by atoms with E-state index in [1.807, 2.05) is 30.3 Å². The second-order valence-electron chi connectivity index (χ2n) is 7.42. The number of fused-ring (bicyclic) bond motifs is 1. The first-order valence-corrected chi connectivity index (χ1v) is 9.92. The molecule has 0 fully saturated rings. The SMILES string of the molecule is Cc1cc(NC(=O)Cn2cccc(C(=O)N(C)Cc3ccc4ncccc4c3)c2=O)no1. The van der Waals surface area contributed by atoms with Crippen molar-refractivity contribution in [2.75, 3.05) is 12.4 Å². The van der Waals surface area contributed by atoms with E-state index in [4.69, 9.17) is 4.52 Å². The monoisotopic (exact) mass is 431 g/mol. The second kappa shape index (κ2) is 8.84. The van der Waals surface area contributed by atoms with Gasteiger partial charge in [-0.05, 0) is 42.8 Å². The summed E-state index contributed by atoms with van der Waals surface area (Å²) < 4.78 is 6.09. The lowest BCUT2D eigenvalue weighted by Gasteiger charge is -2.18. The second-order valence-corrected chi connectivity index (χ2v) is 7.42. The van der Waals surface area contributed by atoms with Crippen molar-refractivity contribution in [1.82, 2.24) is 19.6 Å². The van der Waals surface area contributed by atoms with Crippen LogP contribution < -0.4 is 10.9 Å². The van der Waals surface area contributed by atoms with Gasteiger partial charge in [-0.1, -0.05) is 17.3 Å². The number of hydrogen-bond acceptors (Lipinski definition) is 6. The van der Waals surface area contributed by atoms with Crippen molar-refractivity contribution >= 4 is 28.5 Å². The van der Waals surface area contributed by atoms with Crippen LogP contribution in [0, 0.1) is 6.92 Å². The lowest BCUT2D eigenvalue weighted by atomic mass is 10.1. The van der Waals surface area contributed by atoms with E-state index in [-0.39, 0.29) is 17.9 Å². The Hall–Kier alpha value is -4.27. The van der Waals surface area contributed by atoms with E-state index >= 15 is 0 Å². The zero-order valence-electron chi connectivity index (χ0n) is 17.6. The van der Waals surface area contributed by atoms with Crippen molar-refractivity contribution in [1.29, 1.82) is 0 Å². The van der Waals surface area contributed by atoms with Gasteiger partial charge in [0.15, 0.2) is 5.82 Å². The van der Waals surface area contributed by atoms with Gasteiger partial charge < -0.3 is 19.3 Å². The summed E-state index contributed by atoms with van der Waals surface area (Å²) in [6.45, 7) is 1.77. The Morgan fingerprint density at radius 2 is 2.00 bits per heavy atom. The largest absolute Gasteiger partial charge is 0.360 e. The number of anilines is 1. The van der Waals surface area contributed by atoms with Crippen LogP contribution in [-0.2, 0) is 17.9 Å². The van der Waals surface area contributed by atoms with Gasteiger partial charge in [-0.15, -0.1) is 0 Å². The topological polar surface area (TPSA) is 110 Å². The van der Waals surface area contributed by atoms with Crippen LogP contribution in [0.15, 0.2) is 70.2 Å². The molecule has 0 radical (unpaired) electrons. The third-order valence-electron chi connectivity index (χ3n) is 4.89. The molecule has 1 aromatic carbocycles. The fraction of sp³-hybridized carbons (Fsp3) is 0.174. The van der Waals surface area contributed by atoms with Crippen molar-refractivity contribution in [3.05, 3.63) is 88.2 Å². The molecule has 4 rings (SSSR count). The minimum atomic E-state index is -0.543. The summed E-state index contributed by atoms with van der Waals surface area (Å²) in [5, 5.41) is 7.22. The lowest BCUT2D eigenvalue weighted by molar-refractivity contribution is -0.116. The Balaban J connectivity index is 1.48. The normalized spacial score (nSPS) is 10.8. The van der Waals surface area contributed by atoms with Crippen molar-refractivity contribution in [2.24, 2.45) is 0 Å². The van der Waals surface area contributed by atoms with Gasteiger partial charge >= 0.3 is 0 Å². The average Bonchev–Trinajstić information content (AvgIpc) is 3.19. The molecule has 0 spiro atoms. The van der Waals surface area contributed by atoms with Crippen LogP contribution in [0.25, 0.3) is 10.9 Å². The highest BCUT2D eigenvalue weighted by molar-refractivity contribution is 5.94. The molecule has 2 amide bonds. The first kappa shape index (κ1) is 21.0. The summed E-state index contributed by atoms with van der Waals surface area (Å²) in [7, 11) is 1.63. The molecule has 0 saturated heterocycles. The van der Waals surface area contributed by atoms with Crippen molar-refractivity contribution in [2.45, 2.75) is 20.0 Å². The minimum Gasteiger partial charge on any atom is -0.360 e. The number of rotatable bonds is 6. The maximum absolute atomic E-state index is 12.9. The highest BCUT2D eigenvalue weighted by atomic mass is 16.5. The van der Waals surface area contributed by atoms with Gasteiger partial charge in [0.2, 0.25) is 5.91 Å². The number of hydrogen-bond donors (Lipinski definition) is 1. The zero-order valence-corrected chi connectivity index (χ0v) is 17.6. The molecule has 0 saturated carbocycles. The molecule has 162 valence electrons. The first-order chi connectivity index (χ1) is 15.4. The standard InChI is InChI=1S/C23H21N5O4/c1-15-11-20(26-32-15)25-21(29)14-28-10-4-6-18(23(28)31)22(30)27(2)13-16-7-8-19-17(12-16)5-3-9-24-19/h3-12H,13-14H2,1-2H3,(H,25,26,29). The zero-order chi connectivity index (χ0) is 22.7. The predicted octanol–water partition coefficient (Wildman–Crippen LogP) is 2.60. The van der Waals surface area contributed by atoms with Crippen LogP contribution >= 0.6 is 0 Å².